The van der Waals surface area contributed by atoms with Crippen molar-refractivity contribution in [2.24, 2.45) is 4.99 Å². The molecule has 156 valence electrons. The Balaban J connectivity index is 1.35. The minimum absolute atomic E-state index is 0.351. The van der Waals surface area contributed by atoms with Crippen molar-refractivity contribution in [1.82, 2.24) is 10.3 Å². The van der Waals surface area contributed by atoms with Crippen LogP contribution in [-0.4, -0.2) is 38.7 Å². The summed E-state index contributed by atoms with van der Waals surface area (Å²) in [5, 5.41) is 6.48. The van der Waals surface area contributed by atoms with Gasteiger partial charge in [-0.05, 0) is 48.2 Å². The lowest BCUT2D eigenvalue weighted by Crippen LogP contribution is -2.26. The van der Waals surface area contributed by atoms with E-state index in [0.29, 0.717) is 4.90 Å². The summed E-state index contributed by atoms with van der Waals surface area (Å²) in [6.07, 6.45) is 3.79. The number of guanidine groups is 1. The van der Waals surface area contributed by atoms with Crippen LogP contribution in [0.2, 0.25) is 0 Å². The van der Waals surface area contributed by atoms with E-state index in [1.54, 1.807) is 23.5 Å². The Morgan fingerprint density at radius 1 is 1.03 bits per heavy atom. The fourth-order valence-electron chi connectivity index (χ4n) is 3.32. The van der Waals surface area contributed by atoms with Crippen molar-refractivity contribution in [1.29, 1.82) is 0 Å². The second kappa shape index (κ2) is 8.97. The van der Waals surface area contributed by atoms with Crippen molar-refractivity contribution >= 4 is 32.8 Å². The molecule has 0 fully saturated rings. The van der Waals surface area contributed by atoms with Gasteiger partial charge in [0.15, 0.2) is 15.8 Å². The van der Waals surface area contributed by atoms with Crippen LogP contribution in [0.5, 0.6) is 0 Å². The molecule has 0 amide bonds. The lowest BCUT2D eigenvalue weighted by atomic mass is 10.0. The average Bonchev–Trinajstić information content (AvgIpc) is 3.39. The van der Waals surface area contributed by atoms with E-state index in [2.05, 4.69) is 44.9 Å². The van der Waals surface area contributed by atoms with Gasteiger partial charge in [-0.1, -0.05) is 24.3 Å². The molecule has 0 saturated carbocycles. The molecule has 0 bridgehead atoms. The predicted molar refractivity (Wildman–Crippen MR) is 122 cm³/mol. The molecular formula is C22H24N4O2S2. The van der Waals surface area contributed by atoms with Gasteiger partial charge in [-0.15, -0.1) is 11.3 Å². The first-order chi connectivity index (χ1) is 14.5. The lowest BCUT2D eigenvalue weighted by molar-refractivity contribution is 0.602. The number of sulfone groups is 1. The van der Waals surface area contributed by atoms with Crippen LogP contribution in [0.15, 0.2) is 63.9 Å². The molecule has 3 aromatic rings. The number of aryl methyl sites for hydroxylation is 2. The van der Waals surface area contributed by atoms with E-state index in [9.17, 15) is 8.42 Å². The maximum Gasteiger partial charge on any atom is 0.195 e. The molecule has 0 unspecified atom stereocenters. The number of benzene rings is 2. The molecule has 6 nitrogen and oxygen atoms in total. The summed E-state index contributed by atoms with van der Waals surface area (Å²) in [5.74, 6) is 0.833. The fraction of sp³-hybridized carbons (Fsp3) is 0.273. The van der Waals surface area contributed by atoms with Gasteiger partial charge >= 0.3 is 0 Å². The number of hydrogen-bond acceptors (Lipinski definition) is 7. The van der Waals surface area contributed by atoms with E-state index >= 15 is 0 Å². The summed E-state index contributed by atoms with van der Waals surface area (Å²) >= 11 is 1.65. The van der Waals surface area contributed by atoms with Crippen LogP contribution >= 0.6 is 11.3 Å². The normalized spacial score (nSPS) is 13.7. The van der Waals surface area contributed by atoms with Gasteiger partial charge in [0.05, 0.1) is 22.6 Å². The maximum absolute atomic E-state index is 11.6. The molecule has 8 heteroatoms. The number of aromatic nitrogens is 1. The molecule has 0 atom stereocenters. The second-order valence-corrected chi connectivity index (χ2v) is 10.2. The van der Waals surface area contributed by atoms with Crippen LogP contribution in [-0.2, 0) is 29.1 Å². The predicted octanol–water partition coefficient (Wildman–Crippen LogP) is 3.29. The highest BCUT2D eigenvalue weighted by molar-refractivity contribution is 7.90. The fourth-order valence-corrected chi connectivity index (χ4v) is 4.80. The molecule has 1 aromatic heterocycles. The summed E-state index contributed by atoms with van der Waals surface area (Å²) in [7, 11) is -3.16. The van der Waals surface area contributed by atoms with Crippen LogP contribution < -0.4 is 10.6 Å². The van der Waals surface area contributed by atoms with E-state index in [1.165, 1.54) is 16.7 Å². The molecule has 0 spiro atoms. The molecule has 1 aliphatic heterocycles. The van der Waals surface area contributed by atoms with Crippen molar-refractivity contribution in [2.45, 2.75) is 24.2 Å². The van der Waals surface area contributed by atoms with Crippen LogP contribution in [0.4, 0.5) is 5.69 Å². The van der Waals surface area contributed by atoms with Gasteiger partial charge in [0.25, 0.3) is 0 Å². The lowest BCUT2D eigenvalue weighted by Gasteiger charge is -2.08. The number of aliphatic imine (C=N–C) groups is 1. The highest BCUT2D eigenvalue weighted by Gasteiger charge is 2.10. The Kier molecular flexibility index (Phi) is 6.15. The Morgan fingerprint density at radius 2 is 1.77 bits per heavy atom. The van der Waals surface area contributed by atoms with Gasteiger partial charge in [0, 0.05) is 29.8 Å². The van der Waals surface area contributed by atoms with Gasteiger partial charge in [-0.2, -0.15) is 0 Å². The number of nitrogens with zero attached hydrogens (tertiary/aromatic N) is 2. The molecule has 0 radical (unpaired) electrons. The first-order valence-corrected chi connectivity index (χ1v) is 12.6. The minimum atomic E-state index is -3.16. The Morgan fingerprint density at radius 3 is 2.43 bits per heavy atom. The first kappa shape index (κ1) is 20.6. The van der Waals surface area contributed by atoms with E-state index < -0.39 is 9.84 Å². The topological polar surface area (TPSA) is 83.5 Å². The van der Waals surface area contributed by atoms with Crippen molar-refractivity contribution in [3.63, 3.8) is 0 Å². The largest absolute Gasteiger partial charge is 0.354 e. The number of nitrogens with one attached hydrogen (secondary N) is 2. The van der Waals surface area contributed by atoms with Crippen LogP contribution in [0.1, 0.15) is 21.7 Å². The molecule has 30 heavy (non-hydrogen) atoms. The summed E-state index contributed by atoms with van der Waals surface area (Å²) in [5.41, 5.74) is 6.38. The molecule has 1 aliphatic rings. The van der Waals surface area contributed by atoms with Crippen LogP contribution in [0, 0.1) is 0 Å². The van der Waals surface area contributed by atoms with Gasteiger partial charge in [-0.25, -0.2) is 13.4 Å². The van der Waals surface area contributed by atoms with Crippen molar-refractivity contribution in [3.8, 4) is 0 Å². The molecule has 2 N–H and O–H groups in total. The molecule has 4 rings (SSSR count). The third kappa shape index (κ3) is 5.25. The van der Waals surface area contributed by atoms with Gasteiger partial charge in [-0.3, -0.25) is 4.99 Å². The summed E-state index contributed by atoms with van der Waals surface area (Å²) in [4.78, 5) is 10.5. The standard InChI is InChI=1S/C22H24N4O2S2/c1-30(27,28)19-9-4-17(5-10-19)14-21-20(25-15-29-21)11-6-16-2-7-18(8-3-16)26-22-23-12-13-24-22/h2-5,7-10,15H,6,11-14H2,1H3,(H2,23,24,26). The third-order valence-electron chi connectivity index (χ3n) is 4.98. The minimum Gasteiger partial charge on any atom is -0.354 e. The molecule has 2 aromatic carbocycles. The zero-order valence-electron chi connectivity index (χ0n) is 16.8. The monoisotopic (exact) mass is 440 g/mol. The van der Waals surface area contributed by atoms with E-state index in [-0.39, 0.29) is 0 Å². The number of anilines is 1. The SMILES string of the molecule is CS(=O)(=O)c1ccc(Cc2scnc2CCc2ccc(NC3=NCCN3)cc2)cc1. The summed E-state index contributed by atoms with van der Waals surface area (Å²) in [6, 6.07) is 15.5. The summed E-state index contributed by atoms with van der Waals surface area (Å²) < 4.78 is 23.2. The van der Waals surface area contributed by atoms with Crippen LogP contribution in [0.3, 0.4) is 0 Å². The second-order valence-electron chi connectivity index (χ2n) is 7.29. The molecule has 2 heterocycles. The highest BCUT2D eigenvalue weighted by atomic mass is 32.2. The zero-order chi connectivity index (χ0) is 21.0. The number of thiazole rings is 1. The number of rotatable bonds is 7. The molecule has 0 aliphatic carbocycles. The average molecular weight is 441 g/mol. The molecular weight excluding hydrogens is 416 g/mol. The highest BCUT2D eigenvalue weighted by Crippen LogP contribution is 2.21. The van der Waals surface area contributed by atoms with Crippen molar-refractivity contribution in [2.75, 3.05) is 24.7 Å². The smallest absolute Gasteiger partial charge is 0.195 e. The van der Waals surface area contributed by atoms with Gasteiger partial charge < -0.3 is 10.6 Å². The maximum atomic E-state index is 11.6. The quantitative estimate of drug-likeness (QED) is 0.589. The Bertz CT molecular complexity index is 1130. The van der Waals surface area contributed by atoms with E-state index in [1.807, 2.05) is 17.6 Å². The van der Waals surface area contributed by atoms with E-state index in [4.69, 9.17) is 0 Å². The van der Waals surface area contributed by atoms with Crippen LogP contribution in [0.25, 0.3) is 0 Å². The van der Waals surface area contributed by atoms with Crippen molar-refractivity contribution < 1.29 is 8.42 Å². The number of hydrogen-bond donors (Lipinski definition) is 2. The zero-order valence-corrected chi connectivity index (χ0v) is 18.4. The third-order valence-corrected chi connectivity index (χ3v) is 6.99. The van der Waals surface area contributed by atoms with Crippen molar-refractivity contribution in [3.05, 3.63) is 75.7 Å². The first-order valence-electron chi connectivity index (χ1n) is 9.82. The van der Waals surface area contributed by atoms with Gasteiger partial charge in [0.1, 0.15) is 0 Å². The van der Waals surface area contributed by atoms with E-state index in [0.717, 1.165) is 55.3 Å². The molecule has 0 saturated heterocycles. The van der Waals surface area contributed by atoms with Gasteiger partial charge in [0.2, 0.25) is 0 Å². The Labute approximate surface area is 181 Å². The summed E-state index contributed by atoms with van der Waals surface area (Å²) in [6.45, 7) is 1.70. The Hall–Kier alpha value is -2.71.